The van der Waals surface area contributed by atoms with Gasteiger partial charge in [0.05, 0.1) is 13.2 Å². The van der Waals surface area contributed by atoms with Gasteiger partial charge in [-0.05, 0) is 23.7 Å². The van der Waals surface area contributed by atoms with Crippen LogP contribution in [0.3, 0.4) is 0 Å². The fourth-order valence-electron chi connectivity index (χ4n) is 2.79. The summed E-state index contributed by atoms with van der Waals surface area (Å²) in [7, 11) is 0. The number of carboxylic acid groups (broad SMARTS) is 1. The fourth-order valence-corrected chi connectivity index (χ4v) is 3.91. The average molecular weight is 337 g/mol. The molecule has 2 atom stereocenters. The van der Waals surface area contributed by atoms with Crippen molar-refractivity contribution in [3.8, 4) is 0 Å². The van der Waals surface area contributed by atoms with E-state index in [4.69, 9.17) is 15.4 Å². The van der Waals surface area contributed by atoms with Gasteiger partial charge in [0.2, 0.25) is 0 Å². The van der Waals surface area contributed by atoms with Crippen molar-refractivity contribution in [3.05, 3.63) is 40.0 Å². The lowest BCUT2D eigenvalue weighted by Gasteiger charge is -2.34. The second kappa shape index (κ2) is 6.07. The van der Waals surface area contributed by atoms with Crippen LogP contribution in [0.15, 0.2) is 28.3 Å². The molecule has 0 saturated carbocycles. The van der Waals surface area contributed by atoms with Crippen LogP contribution in [0.5, 0.6) is 0 Å². The normalized spacial score (nSPS) is 26.0. The van der Waals surface area contributed by atoms with Gasteiger partial charge in [-0.1, -0.05) is 16.9 Å². The van der Waals surface area contributed by atoms with E-state index in [1.165, 1.54) is 30.0 Å². The van der Waals surface area contributed by atoms with Gasteiger partial charge in [0.1, 0.15) is 11.4 Å². The number of thioether (sulfide) groups is 1. The van der Waals surface area contributed by atoms with E-state index in [1.807, 2.05) is 0 Å². The Balaban J connectivity index is 2.11. The van der Waals surface area contributed by atoms with E-state index < -0.39 is 17.4 Å². The van der Waals surface area contributed by atoms with E-state index in [-0.39, 0.29) is 28.9 Å². The minimum Gasteiger partial charge on any atom is -0.465 e. The van der Waals surface area contributed by atoms with E-state index in [0.29, 0.717) is 12.4 Å². The highest BCUT2D eigenvalue weighted by Crippen LogP contribution is 2.46. The van der Waals surface area contributed by atoms with Crippen molar-refractivity contribution in [1.82, 2.24) is 5.32 Å². The number of halogens is 1. The molecule has 1 fully saturated rings. The zero-order chi connectivity index (χ0) is 16.4. The highest BCUT2D eigenvalue weighted by atomic mass is 32.2. The van der Waals surface area contributed by atoms with Crippen molar-refractivity contribution in [1.29, 1.82) is 0 Å². The van der Waals surface area contributed by atoms with Crippen LogP contribution in [-0.4, -0.2) is 35.3 Å². The van der Waals surface area contributed by atoms with Crippen molar-refractivity contribution < 1.29 is 19.0 Å². The molecule has 3 rings (SSSR count). The quantitative estimate of drug-likeness (QED) is 0.489. The second-order valence-corrected chi connectivity index (χ2v) is 6.16. The summed E-state index contributed by atoms with van der Waals surface area (Å²) in [6.07, 6.45) is -1.23. The van der Waals surface area contributed by atoms with Crippen LogP contribution < -0.4 is 5.32 Å². The number of hydrogen-bond donors (Lipinski definition) is 2. The molecule has 0 aromatic heterocycles. The van der Waals surface area contributed by atoms with E-state index in [2.05, 4.69) is 20.3 Å². The maximum Gasteiger partial charge on any atom is 0.410 e. The maximum atomic E-state index is 14.4. The minimum atomic E-state index is -1.23. The first-order valence-electron chi connectivity index (χ1n) is 6.70. The summed E-state index contributed by atoms with van der Waals surface area (Å²) >= 11 is 1.26. The molecular formula is C13H12FN5O3S. The van der Waals surface area contributed by atoms with E-state index >= 15 is 0 Å². The first-order chi connectivity index (χ1) is 11.0. The number of nitrogens with zero attached hydrogens (tertiary/aromatic N) is 4. The third-order valence-corrected chi connectivity index (χ3v) is 4.87. The molecule has 0 bridgehead atoms. The molecule has 2 heterocycles. The Hall–Kier alpha value is -2.29. The van der Waals surface area contributed by atoms with Crippen molar-refractivity contribution in [2.45, 2.75) is 5.54 Å². The van der Waals surface area contributed by atoms with Crippen LogP contribution in [0, 0.1) is 11.7 Å². The molecule has 2 unspecified atom stereocenters. The number of benzene rings is 1. The number of carbonyl (C=O) groups is 1. The first kappa shape index (κ1) is 15.6. The monoisotopic (exact) mass is 337 g/mol. The molecule has 1 amide bonds. The Kier molecular flexibility index (Phi) is 4.12. The van der Waals surface area contributed by atoms with Gasteiger partial charge in [-0.3, -0.25) is 5.32 Å². The Morgan fingerprint density at radius 1 is 1.65 bits per heavy atom. The van der Waals surface area contributed by atoms with Crippen LogP contribution in [0.25, 0.3) is 10.4 Å². The molecule has 120 valence electrons. The van der Waals surface area contributed by atoms with Crippen molar-refractivity contribution in [2.75, 3.05) is 19.0 Å². The standard InChI is InChI=1S/C13H12FN5O3S/c14-10-2-1-8(18-19-15)3-9(10)13-6-22-4-7(13)5-23-11(17-13)16-12(20)21/h1-3,7H,4-6H2,(H,16,17)(H,20,21). The van der Waals surface area contributed by atoms with Gasteiger partial charge in [0.25, 0.3) is 0 Å². The molecule has 0 radical (unpaired) electrons. The minimum absolute atomic E-state index is 0.0948. The molecule has 2 aliphatic heterocycles. The van der Waals surface area contributed by atoms with Crippen LogP contribution in [0.4, 0.5) is 14.9 Å². The predicted octanol–water partition coefficient (Wildman–Crippen LogP) is 2.98. The first-order valence-corrected chi connectivity index (χ1v) is 7.69. The fraction of sp³-hybridized carbons (Fsp3) is 0.385. The maximum absolute atomic E-state index is 14.4. The number of azide groups is 1. The number of amidine groups is 1. The number of nitrogens with one attached hydrogen (secondary N) is 1. The third kappa shape index (κ3) is 2.83. The zero-order valence-corrected chi connectivity index (χ0v) is 12.6. The van der Waals surface area contributed by atoms with Gasteiger partial charge in [-0.2, -0.15) is 0 Å². The Bertz CT molecular complexity index is 736. The summed E-state index contributed by atoms with van der Waals surface area (Å²) in [5, 5.41) is 14.8. The third-order valence-electron chi connectivity index (χ3n) is 3.83. The lowest BCUT2D eigenvalue weighted by atomic mass is 9.81. The number of hydrogen-bond acceptors (Lipinski definition) is 5. The highest BCUT2D eigenvalue weighted by Gasteiger charge is 2.49. The number of ether oxygens (including phenoxy) is 1. The van der Waals surface area contributed by atoms with Crippen molar-refractivity contribution in [2.24, 2.45) is 16.0 Å². The van der Waals surface area contributed by atoms with Crippen LogP contribution in [0.2, 0.25) is 0 Å². The Labute approximate surface area is 134 Å². The summed E-state index contributed by atoms with van der Waals surface area (Å²) in [6.45, 7) is 0.543. The Morgan fingerprint density at radius 2 is 2.48 bits per heavy atom. The summed E-state index contributed by atoms with van der Waals surface area (Å²) in [5.74, 6) is -0.0463. The average Bonchev–Trinajstić information content (AvgIpc) is 2.92. The highest BCUT2D eigenvalue weighted by molar-refractivity contribution is 8.13. The smallest absolute Gasteiger partial charge is 0.410 e. The summed E-state index contributed by atoms with van der Waals surface area (Å²) < 4.78 is 19.9. The topological polar surface area (TPSA) is 120 Å². The van der Waals surface area contributed by atoms with Gasteiger partial charge < -0.3 is 9.84 Å². The largest absolute Gasteiger partial charge is 0.465 e. The molecule has 2 N–H and O–H groups in total. The van der Waals surface area contributed by atoms with E-state index in [0.717, 1.165) is 0 Å². The van der Waals surface area contributed by atoms with Gasteiger partial charge in [-0.25, -0.2) is 14.2 Å². The summed E-state index contributed by atoms with van der Waals surface area (Å²) in [5.41, 5.74) is 8.05. The molecule has 1 saturated heterocycles. The molecule has 2 aliphatic rings. The molecule has 1 aromatic carbocycles. The number of amides is 1. The van der Waals surface area contributed by atoms with Gasteiger partial charge in [0.15, 0.2) is 5.17 Å². The summed E-state index contributed by atoms with van der Waals surface area (Å²) in [4.78, 5) is 18.0. The molecular weight excluding hydrogens is 325 g/mol. The molecule has 0 spiro atoms. The second-order valence-electron chi connectivity index (χ2n) is 5.15. The molecule has 1 aromatic rings. The molecule has 0 aliphatic carbocycles. The van der Waals surface area contributed by atoms with Gasteiger partial charge >= 0.3 is 6.09 Å². The number of rotatable bonds is 2. The van der Waals surface area contributed by atoms with Crippen LogP contribution >= 0.6 is 11.8 Å². The van der Waals surface area contributed by atoms with Crippen LogP contribution in [0.1, 0.15) is 5.56 Å². The lowest BCUT2D eigenvalue weighted by molar-refractivity contribution is 0.176. The number of fused-ring (bicyclic) bond motifs is 1. The summed E-state index contributed by atoms with van der Waals surface area (Å²) in [6, 6.07) is 4.03. The zero-order valence-electron chi connectivity index (χ0n) is 11.8. The van der Waals surface area contributed by atoms with Crippen LogP contribution in [-0.2, 0) is 10.3 Å². The SMILES string of the molecule is [N-]=[N+]=Nc1ccc(F)c(C23COCC2CSC(NC(=O)O)=N3)c1. The number of aliphatic imine (C=N–C) groups is 1. The van der Waals surface area contributed by atoms with Crippen molar-refractivity contribution >= 4 is 28.7 Å². The van der Waals surface area contributed by atoms with E-state index in [1.54, 1.807) is 0 Å². The molecule has 23 heavy (non-hydrogen) atoms. The molecule has 8 nitrogen and oxygen atoms in total. The predicted molar refractivity (Wildman–Crippen MR) is 82.2 cm³/mol. The van der Waals surface area contributed by atoms with Crippen molar-refractivity contribution in [3.63, 3.8) is 0 Å². The molecule has 10 heteroatoms. The van der Waals surface area contributed by atoms with E-state index in [9.17, 15) is 9.18 Å². The Morgan fingerprint density at radius 3 is 3.22 bits per heavy atom. The van der Waals surface area contributed by atoms with Gasteiger partial charge in [0, 0.05) is 27.8 Å². The van der Waals surface area contributed by atoms with Gasteiger partial charge in [-0.15, -0.1) is 0 Å². The lowest BCUT2D eigenvalue weighted by Crippen LogP contribution is -2.42.